The molecule has 1 amide bonds. The summed E-state index contributed by atoms with van der Waals surface area (Å²) in [5, 5.41) is 6.77. The molecule has 0 bridgehead atoms. The molecule has 0 aliphatic carbocycles. The highest BCUT2D eigenvalue weighted by Crippen LogP contribution is 2.26. The molecule has 1 unspecified atom stereocenters. The van der Waals surface area contributed by atoms with Crippen molar-refractivity contribution in [1.82, 2.24) is 15.1 Å². The Kier molecular flexibility index (Phi) is 7.89. The van der Waals surface area contributed by atoms with Crippen LogP contribution in [0.15, 0.2) is 53.3 Å². The number of hydrogen-bond acceptors (Lipinski definition) is 4. The molecule has 34 heavy (non-hydrogen) atoms. The van der Waals surface area contributed by atoms with Crippen molar-refractivity contribution < 1.29 is 14.3 Å². The average molecular weight is 504 g/mol. The second kappa shape index (κ2) is 10.5. The van der Waals surface area contributed by atoms with E-state index in [1.807, 2.05) is 6.92 Å². The van der Waals surface area contributed by atoms with E-state index in [2.05, 4.69) is 10.4 Å². The van der Waals surface area contributed by atoms with Crippen LogP contribution in [0, 0.1) is 0 Å². The SMILES string of the molecule is CC(c1ccc(C(=O)NCCC(=O)OC(C)(C)C)cc1)n1[nH]c(-c2cc(Cl)cc(Cl)c2)cc1=O. The standard InChI is InChI=1S/C25H27Cl2N3O4/c1-15(30-22(31)14-21(29-30)18-11-19(26)13-20(27)12-18)16-5-7-17(8-6-16)24(33)28-10-9-23(32)34-25(2,3)4/h5-8,11-15,29H,9-10H2,1-4H3,(H,28,33). The molecule has 2 N–H and O–H groups in total. The molecular formula is C25H27Cl2N3O4. The lowest BCUT2D eigenvalue weighted by Gasteiger charge is -2.19. The second-order valence-corrected chi connectivity index (χ2v) is 9.80. The Balaban J connectivity index is 1.65. The number of benzene rings is 2. The normalized spacial score (nSPS) is 12.3. The zero-order chi connectivity index (χ0) is 25.0. The molecule has 2 aromatic carbocycles. The van der Waals surface area contributed by atoms with E-state index >= 15 is 0 Å². The van der Waals surface area contributed by atoms with Crippen LogP contribution in [0.4, 0.5) is 0 Å². The van der Waals surface area contributed by atoms with E-state index in [4.69, 9.17) is 27.9 Å². The Morgan fingerprint density at radius 3 is 2.26 bits per heavy atom. The first-order chi connectivity index (χ1) is 15.9. The second-order valence-electron chi connectivity index (χ2n) is 8.93. The minimum atomic E-state index is -0.559. The number of halogens is 2. The Morgan fingerprint density at radius 1 is 1.06 bits per heavy atom. The van der Waals surface area contributed by atoms with Gasteiger partial charge < -0.3 is 10.1 Å². The van der Waals surface area contributed by atoms with Crippen LogP contribution in [-0.4, -0.2) is 33.8 Å². The van der Waals surface area contributed by atoms with Crippen LogP contribution in [0.25, 0.3) is 11.3 Å². The minimum absolute atomic E-state index is 0.0913. The van der Waals surface area contributed by atoms with E-state index in [1.165, 1.54) is 10.7 Å². The third-order valence-corrected chi connectivity index (χ3v) is 5.43. The number of esters is 1. The number of H-pyrrole nitrogens is 1. The number of hydrogen-bond donors (Lipinski definition) is 2. The van der Waals surface area contributed by atoms with Gasteiger partial charge >= 0.3 is 5.97 Å². The number of nitrogens with one attached hydrogen (secondary N) is 2. The molecule has 1 aromatic heterocycles. The summed E-state index contributed by atoms with van der Waals surface area (Å²) in [6, 6.07) is 13.2. The predicted octanol–water partition coefficient (Wildman–Crippen LogP) is 5.22. The van der Waals surface area contributed by atoms with Gasteiger partial charge in [0.25, 0.3) is 11.5 Å². The van der Waals surface area contributed by atoms with Gasteiger partial charge in [-0.2, -0.15) is 0 Å². The van der Waals surface area contributed by atoms with Crippen LogP contribution in [0.3, 0.4) is 0 Å². The van der Waals surface area contributed by atoms with E-state index in [1.54, 1.807) is 63.2 Å². The first kappa shape index (κ1) is 25.6. The third kappa shape index (κ3) is 6.74. The molecule has 0 aliphatic rings. The summed E-state index contributed by atoms with van der Waals surface area (Å²) in [5.41, 5.74) is 1.83. The van der Waals surface area contributed by atoms with Crippen molar-refractivity contribution in [2.24, 2.45) is 0 Å². The van der Waals surface area contributed by atoms with Crippen molar-refractivity contribution in [2.45, 2.75) is 45.8 Å². The molecule has 9 heteroatoms. The fourth-order valence-electron chi connectivity index (χ4n) is 3.39. The molecule has 3 aromatic rings. The molecule has 180 valence electrons. The highest BCUT2D eigenvalue weighted by atomic mass is 35.5. The molecule has 0 radical (unpaired) electrons. The van der Waals surface area contributed by atoms with Crippen LogP contribution in [-0.2, 0) is 9.53 Å². The molecule has 0 saturated heterocycles. The van der Waals surface area contributed by atoms with Gasteiger partial charge in [0.05, 0.1) is 18.2 Å². The summed E-state index contributed by atoms with van der Waals surface area (Å²) in [6.45, 7) is 7.44. The van der Waals surface area contributed by atoms with Gasteiger partial charge in [-0.25, -0.2) is 4.68 Å². The molecule has 0 spiro atoms. The fourth-order valence-corrected chi connectivity index (χ4v) is 3.92. The van der Waals surface area contributed by atoms with Gasteiger partial charge in [-0.3, -0.25) is 19.5 Å². The maximum absolute atomic E-state index is 12.6. The van der Waals surface area contributed by atoms with Gasteiger partial charge in [0.1, 0.15) is 5.60 Å². The quantitative estimate of drug-likeness (QED) is 0.432. The molecule has 1 atom stereocenters. The molecule has 1 heterocycles. The van der Waals surface area contributed by atoms with Gasteiger partial charge in [-0.15, -0.1) is 0 Å². The Bertz CT molecular complexity index is 1220. The lowest BCUT2D eigenvalue weighted by atomic mass is 10.1. The summed E-state index contributed by atoms with van der Waals surface area (Å²) in [5.74, 6) is -0.660. The lowest BCUT2D eigenvalue weighted by molar-refractivity contribution is -0.154. The summed E-state index contributed by atoms with van der Waals surface area (Å²) in [4.78, 5) is 36.7. The van der Waals surface area contributed by atoms with E-state index in [0.717, 1.165) is 5.56 Å². The van der Waals surface area contributed by atoms with Crippen LogP contribution >= 0.6 is 23.2 Å². The monoisotopic (exact) mass is 503 g/mol. The van der Waals surface area contributed by atoms with Crippen molar-refractivity contribution in [3.05, 3.63) is 80.1 Å². The topological polar surface area (TPSA) is 93.2 Å². The highest BCUT2D eigenvalue weighted by molar-refractivity contribution is 6.35. The number of carbonyl (C=O) groups excluding carboxylic acids is 2. The van der Waals surface area contributed by atoms with Gasteiger partial charge in [-0.05, 0) is 63.6 Å². The van der Waals surface area contributed by atoms with Gasteiger partial charge in [0, 0.05) is 33.8 Å². The van der Waals surface area contributed by atoms with Crippen molar-refractivity contribution in [2.75, 3.05) is 6.54 Å². The van der Waals surface area contributed by atoms with E-state index in [-0.39, 0.29) is 36.4 Å². The van der Waals surface area contributed by atoms with Gasteiger partial charge in [-0.1, -0.05) is 35.3 Å². The van der Waals surface area contributed by atoms with E-state index in [0.29, 0.717) is 26.9 Å². The summed E-state index contributed by atoms with van der Waals surface area (Å²) in [7, 11) is 0. The van der Waals surface area contributed by atoms with Crippen LogP contribution < -0.4 is 10.9 Å². The van der Waals surface area contributed by atoms with Crippen LogP contribution in [0.1, 0.15) is 56.1 Å². The number of amides is 1. The van der Waals surface area contributed by atoms with Gasteiger partial charge in [0.15, 0.2) is 0 Å². The predicted molar refractivity (Wildman–Crippen MR) is 134 cm³/mol. The van der Waals surface area contributed by atoms with Crippen LogP contribution in [0.2, 0.25) is 10.0 Å². The molecule has 7 nitrogen and oxygen atoms in total. The van der Waals surface area contributed by atoms with Crippen molar-refractivity contribution in [3.8, 4) is 11.3 Å². The van der Waals surface area contributed by atoms with E-state index in [9.17, 15) is 14.4 Å². The molecule has 0 saturated carbocycles. The highest BCUT2D eigenvalue weighted by Gasteiger charge is 2.17. The molecule has 0 aliphatic heterocycles. The average Bonchev–Trinajstić information content (AvgIpc) is 3.13. The smallest absolute Gasteiger partial charge is 0.308 e. The first-order valence-electron chi connectivity index (χ1n) is 10.8. The molecule has 0 fully saturated rings. The summed E-state index contributed by atoms with van der Waals surface area (Å²) in [6.07, 6.45) is 0.0913. The lowest BCUT2D eigenvalue weighted by Crippen LogP contribution is -2.29. The fraction of sp³-hybridized carbons (Fsp3) is 0.320. The Hall–Kier alpha value is -3.03. The van der Waals surface area contributed by atoms with E-state index < -0.39 is 5.60 Å². The number of aromatic nitrogens is 2. The minimum Gasteiger partial charge on any atom is -0.460 e. The number of nitrogens with zero attached hydrogens (tertiary/aromatic N) is 1. The molecule has 3 rings (SSSR count). The zero-order valence-corrected chi connectivity index (χ0v) is 21.0. The zero-order valence-electron chi connectivity index (χ0n) is 19.4. The Morgan fingerprint density at radius 2 is 1.68 bits per heavy atom. The number of ether oxygens (including phenoxy) is 1. The first-order valence-corrected chi connectivity index (χ1v) is 11.6. The van der Waals surface area contributed by atoms with Crippen molar-refractivity contribution in [3.63, 3.8) is 0 Å². The number of aromatic amines is 1. The molecular weight excluding hydrogens is 477 g/mol. The summed E-state index contributed by atoms with van der Waals surface area (Å²) >= 11 is 12.2. The largest absolute Gasteiger partial charge is 0.460 e. The number of rotatable bonds is 7. The van der Waals surface area contributed by atoms with Crippen molar-refractivity contribution in [1.29, 1.82) is 0 Å². The summed E-state index contributed by atoms with van der Waals surface area (Å²) < 4.78 is 6.73. The van der Waals surface area contributed by atoms with Crippen molar-refractivity contribution >= 4 is 35.1 Å². The maximum atomic E-state index is 12.6. The third-order valence-electron chi connectivity index (χ3n) is 5.00. The van der Waals surface area contributed by atoms with Gasteiger partial charge in [0.2, 0.25) is 0 Å². The maximum Gasteiger partial charge on any atom is 0.308 e. The number of carbonyl (C=O) groups is 2. The van der Waals surface area contributed by atoms with Crippen LogP contribution in [0.5, 0.6) is 0 Å². The Labute approximate surface area is 208 Å².